The molecule has 3 heteroatoms. The van der Waals surface area contributed by atoms with Gasteiger partial charge in [0.05, 0.1) is 11.8 Å². The number of rotatable bonds is 4. The monoisotopic (exact) mass is 237 g/mol. The second-order valence-electron chi connectivity index (χ2n) is 4.41. The fraction of sp³-hybridized carbons (Fsp3) is 0.200. The van der Waals surface area contributed by atoms with Crippen molar-refractivity contribution in [2.45, 2.75) is 19.3 Å². The molecule has 0 aliphatic heterocycles. The van der Waals surface area contributed by atoms with Gasteiger partial charge in [0.15, 0.2) is 5.65 Å². The van der Waals surface area contributed by atoms with Gasteiger partial charge in [0.1, 0.15) is 0 Å². The van der Waals surface area contributed by atoms with E-state index in [0.717, 1.165) is 30.4 Å². The molecule has 3 rings (SSSR count). The summed E-state index contributed by atoms with van der Waals surface area (Å²) in [5.41, 5.74) is 4.58. The van der Waals surface area contributed by atoms with Crippen LogP contribution in [-0.2, 0) is 12.8 Å². The van der Waals surface area contributed by atoms with Gasteiger partial charge < -0.3 is 4.98 Å². The molecule has 0 bridgehead atoms. The number of hydrogen-bond donors (Lipinski definition) is 1. The summed E-state index contributed by atoms with van der Waals surface area (Å²) in [6, 6.07) is 12.7. The van der Waals surface area contributed by atoms with Crippen molar-refractivity contribution in [3.63, 3.8) is 0 Å². The molecule has 2 aromatic heterocycles. The Morgan fingerprint density at radius 2 is 1.83 bits per heavy atom. The van der Waals surface area contributed by atoms with E-state index in [1.54, 1.807) is 6.33 Å². The van der Waals surface area contributed by atoms with Crippen molar-refractivity contribution in [3.8, 4) is 0 Å². The quantitative estimate of drug-likeness (QED) is 0.757. The van der Waals surface area contributed by atoms with Gasteiger partial charge in [-0.15, -0.1) is 0 Å². The maximum absolute atomic E-state index is 4.23. The van der Waals surface area contributed by atoms with Crippen molar-refractivity contribution >= 4 is 11.2 Å². The second-order valence-corrected chi connectivity index (χ2v) is 4.41. The van der Waals surface area contributed by atoms with Crippen LogP contribution in [0, 0.1) is 0 Å². The topological polar surface area (TPSA) is 41.6 Å². The van der Waals surface area contributed by atoms with Crippen LogP contribution in [0.5, 0.6) is 0 Å². The molecule has 0 fully saturated rings. The summed E-state index contributed by atoms with van der Waals surface area (Å²) in [5, 5.41) is 0. The van der Waals surface area contributed by atoms with Crippen LogP contribution in [0.15, 0.2) is 48.9 Å². The average molecular weight is 237 g/mol. The third kappa shape index (κ3) is 2.25. The van der Waals surface area contributed by atoms with Crippen molar-refractivity contribution in [1.82, 2.24) is 15.0 Å². The molecule has 0 aliphatic carbocycles. The number of aryl methyl sites for hydroxylation is 2. The number of nitrogens with one attached hydrogen (secondary N) is 1. The molecule has 3 nitrogen and oxygen atoms in total. The highest BCUT2D eigenvalue weighted by Gasteiger charge is 2.03. The summed E-state index contributed by atoms with van der Waals surface area (Å²) in [6.07, 6.45) is 6.84. The lowest BCUT2D eigenvalue weighted by atomic mass is 10.0. The first-order chi connectivity index (χ1) is 8.93. The number of benzene rings is 1. The maximum atomic E-state index is 4.23. The van der Waals surface area contributed by atoms with Crippen molar-refractivity contribution in [1.29, 1.82) is 0 Å². The standard InChI is InChI=1S/C15H15N3/c1-2-5-12(6-3-1)7-4-8-13-9-10-16-15-14(13)17-11-18-15/h1-3,5-6,9-11H,4,7-8H2,(H,16,17,18). The lowest BCUT2D eigenvalue weighted by Gasteiger charge is -2.03. The van der Waals surface area contributed by atoms with Crippen LogP contribution >= 0.6 is 0 Å². The van der Waals surface area contributed by atoms with E-state index in [1.165, 1.54) is 11.1 Å². The van der Waals surface area contributed by atoms with Crippen molar-refractivity contribution in [3.05, 3.63) is 60.0 Å². The van der Waals surface area contributed by atoms with Gasteiger partial charge in [0.2, 0.25) is 0 Å². The molecule has 0 aliphatic rings. The Labute approximate surface area is 106 Å². The molecular formula is C15H15N3. The van der Waals surface area contributed by atoms with Gasteiger partial charge in [0, 0.05) is 6.20 Å². The molecule has 1 N–H and O–H groups in total. The highest BCUT2D eigenvalue weighted by molar-refractivity contribution is 5.73. The van der Waals surface area contributed by atoms with Crippen molar-refractivity contribution in [2.75, 3.05) is 0 Å². The molecule has 1 aromatic carbocycles. The largest absolute Gasteiger partial charge is 0.343 e. The van der Waals surface area contributed by atoms with Gasteiger partial charge in [-0.25, -0.2) is 9.97 Å². The molecule has 0 radical (unpaired) electrons. The third-order valence-corrected chi connectivity index (χ3v) is 3.17. The summed E-state index contributed by atoms with van der Waals surface area (Å²) in [7, 11) is 0. The Kier molecular flexibility index (Phi) is 3.05. The summed E-state index contributed by atoms with van der Waals surface area (Å²) >= 11 is 0. The summed E-state index contributed by atoms with van der Waals surface area (Å²) in [5.74, 6) is 0. The molecule has 0 atom stereocenters. The zero-order valence-electron chi connectivity index (χ0n) is 10.1. The number of pyridine rings is 1. The van der Waals surface area contributed by atoms with Gasteiger partial charge in [0.25, 0.3) is 0 Å². The first-order valence-corrected chi connectivity index (χ1v) is 6.24. The number of imidazole rings is 1. The first kappa shape index (κ1) is 11.0. The molecule has 0 unspecified atom stereocenters. The van der Waals surface area contributed by atoms with Gasteiger partial charge in [-0.1, -0.05) is 30.3 Å². The lowest BCUT2D eigenvalue weighted by Crippen LogP contribution is -1.92. The predicted molar refractivity (Wildman–Crippen MR) is 72.4 cm³/mol. The maximum Gasteiger partial charge on any atom is 0.177 e. The van der Waals surface area contributed by atoms with E-state index >= 15 is 0 Å². The zero-order chi connectivity index (χ0) is 12.2. The number of hydrogen-bond acceptors (Lipinski definition) is 2. The van der Waals surface area contributed by atoms with Crippen LogP contribution in [0.1, 0.15) is 17.5 Å². The molecule has 3 aromatic rings. The summed E-state index contributed by atoms with van der Waals surface area (Å²) < 4.78 is 0. The lowest BCUT2D eigenvalue weighted by molar-refractivity contribution is 0.823. The van der Waals surface area contributed by atoms with E-state index in [2.05, 4.69) is 51.4 Å². The van der Waals surface area contributed by atoms with Gasteiger partial charge in [-0.2, -0.15) is 0 Å². The number of nitrogens with zero attached hydrogens (tertiary/aromatic N) is 2. The Morgan fingerprint density at radius 3 is 2.72 bits per heavy atom. The Balaban J connectivity index is 1.68. The number of H-pyrrole nitrogens is 1. The highest BCUT2D eigenvalue weighted by Crippen LogP contribution is 2.15. The second kappa shape index (κ2) is 5.00. The van der Waals surface area contributed by atoms with Crippen molar-refractivity contribution < 1.29 is 0 Å². The molecule has 0 amide bonds. The van der Waals surface area contributed by atoms with E-state index in [-0.39, 0.29) is 0 Å². The normalized spacial score (nSPS) is 10.9. The Morgan fingerprint density at radius 1 is 0.944 bits per heavy atom. The van der Waals surface area contributed by atoms with Crippen molar-refractivity contribution in [2.24, 2.45) is 0 Å². The predicted octanol–water partition coefficient (Wildman–Crippen LogP) is 3.13. The summed E-state index contributed by atoms with van der Waals surface area (Å²) in [6.45, 7) is 0. The number of aromatic nitrogens is 3. The molecule has 90 valence electrons. The van der Waals surface area contributed by atoms with Gasteiger partial charge >= 0.3 is 0 Å². The fourth-order valence-corrected chi connectivity index (χ4v) is 2.24. The zero-order valence-corrected chi connectivity index (χ0v) is 10.1. The molecule has 2 heterocycles. The third-order valence-electron chi connectivity index (χ3n) is 3.17. The minimum atomic E-state index is 0.812. The van der Waals surface area contributed by atoms with Gasteiger partial charge in [-0.05, 0) is 36.5 Å². The van der Waals surface area contributed by atoms with E-state index in [9.17, 15) is 0 Å². The Bertz CT molecular complexity index is 628. The first-order valence-electron chi connectivity index (χ1n) is 6.24. The minimum Gasteiger partial charge on any atom is -0.343 e. The molecule has 0 spiro atoms. The molecule has 18 heavy (non-hydrogen) atoms. The van der Waals surface area contributed by atoms with Crippen LogP contribution in [0.25, 0.3) is 11.2 Å². The molecule has 0 saturated carbocycles. The fourth-order valence-electron chi connectivity index (χ4n) is 2.24. The van der Waals surface area contributed by atoms with Crippen LogP contribution in [0.3, 0.4) is 0 Å². The molecule has 0 saturated heterocycles. The summed E-state index contributed by atoms with van der Waals surface area (Å²) in [4.78, 5) is 11.6. The number of aromatic amines is 1. The van der Waals surface area contributed by atoms with Crippen LogP contribution in [-0.4, -0.2) is 15.0 Å². The van der Waals surface area contributed by atoms with Gasteiger partial charge in [-0.3, -0.25) is 0 Å². The van der Waals surface area contributed by atoms with E-state index in [1.807, 2.05) is 6.20 Å². The number of fused-ring (bicyclic) bond motifs is 1. The van der Waals surface area contributed by atoms with E-state index in [0.29, 0.717) is 0 Å². The molecular weight excluding hydrogens is 222 g/mol. The van der Waals surface area contributed by atoms with E-state index < -0.39 is 0 Å². The average Bonchev–Trinajstić information content (AvgIpc) is 2.89. The minimum absolute atomic E-state index is 0.812. The van der Waals surface area contributed by atoms with Crippen LogP contribution in [0.4, 0.5) is 0 Å². The van der Waals surface area contributed by atoms with E-state index in [4.69, 9.17) is 0 Å². The smallest absolute Gasteiger partial charge is 0.177 e. The highest BCUT2D eigenvalue weighted by atomic mass is 14.9. The van der Waals surface area contributed by atoms with Crippen LogP contribution in [0.2, 0.25) is 0 Å². The Hall–Kier alpha value is -2.16. The van der Waals surface area contributed by atoms with Crippen LogP contribution < -0.4 is 0 Å². The SMILES string of the molecule is c1ccc(CCCc2ccnc3nc[nH]c23)cc1.